The minimum absolute atomic E-state index is 0.0433. The van der Waals surface area contributed by atoms with Gasteiger partial charge in [0.25, 0.3) is 0 Å². The molecule has 5 nitrogen and oxygen atoms in total. The minimum Gasteiger partial charge on any atom is -0.480 e. The first-order chi connectivity index (χ1) is 9.50. The van der Waals surface area contributed by atoms with Gasteiger partial charge in [-0.3, -0.25) is 4.79 Å². The number of nitrogens with one attached hydrogen (secondary N) is 1. The molecule has 0 aromatic heterocycles. The Morgan fingerprint density at radius 1 is 1.30 bits per heavy atom. The van der Waals surface area contributed by atoms with Gasteiger partial charge in [-0.25, -0.2) is 4.79 Å². The number of carboxylic acid groups (broad SMARTS) is 1. The third-order valence-corrected chi connectivity index (χ3v) is 3.62. The summed E-state index contributed by atoms with van der Waals surface area (Å²) in [6, 6.07) is 8.03. The summed E-state index contributed by atoms with van der Waals surface area (Å²) in [6.45, 7) is 3.86. The standard InChI is InChI=1S/C15H17NO4/c1-9-10(2)13(12-6-4-3-5-11(9)12)8-20-15(19)16-7-14(17)18/h3-6,13H,7-8H2,1-2H3,(H,16,19)(H,17,18). The largest absolute Gasteiger partial charge is 0.480 e. The molecule has 0 saturated heterocycles. The van der Waals surface area contributed by atoms with Crippen LogP contribution in [0, 0.1) is 0 Å². The molecule has 1 aromatic rings. The number of carbonyl (C=O) groups excluding carboxylic acids is 1. The van der Waals surface area contributed by atoms with Gasteiger partial charge >= 0.3 is 12.1 Å². The highest BCUT2D eigenvalue weighted by Gasteiger charge is 2.27. The van der Waals surface area contributed by atoms with Gasteiger partial charge in [-0.2, -0.15) is 0 Å². The van der Waals surface area contributed by atoms with E-state index in [0.29, 0.717) is 0 Å². The van der Waals surface area contributed by atoms with E-state index in [-0.39, 0.29) is 12.5 Å². The number of ether oxygens (including phenoxy) is 1. The van der Waals surface area contributed by atoms with Gasteiger partial charge in [-0.15, -0.1) is 0 Å². The van der Waals surface area contributed by atoms with Crippen molar-refractivity contribution in [1.29, 1.82) is 0 Å². The first-order valence-electron chi connectivity index (χ1n) is 6.39. The van der Waals surface area contributed by atoms with Crippen LogP contribution in [0.1, 0.15) is 30.9 Å². The van der Waals surface area contributed by atoms with E-state index in [4.69, 9.17) is 9.84 Å². The molecular formula is C15H17NO4. The number of fused-ring (bicyclic) bond motifs is 1. The quantitative estimate of drug-likeness (QED) is 0.884. The number of carbonyl (C=O) groups is 2. The van der Waals surface area contributed by atoms with Crippen LogP contribution in [-0.4, -0.2) is 30.3 Å². The molecule has 0 bridgehead atoms. The van der Waals surface area contributed by atoms with Gasteiger partial charge in [0.2, 0.25) is 0 Å². The van der Waals surface area contributed by atoms with Crippen LogP contribution in [0.2, 0.25) is 0 Å². The number of aliphatic carboxylic acids is 1. The maximum Gasteiger partial charge on any atom is 0.407 e. The van der Waals surface area contributed by atoms with Gasteiger partial charge in [-0.1, -0.05) is 29.8 Å². The molecule has 0 aliphatic heterocycles. The summed E-state index contributed by atoms with van der Waals surface area (Å²) in [5, 5.41) is 10.7. The van der Waals surface area contributed by atoms with Crippen molar-refractivity contribution in [2.75, 3.05) is 13.2 Å². The Kier molecular flexibility index (Phi) is 4.08. The topological polar surface area (TPSA) is 75.6 Å². The lowest BCUT2D eigenvalue weighted by atomic mass is 9.98. The first kappa shape index (κ1) is 14.1. The third kappa shape index (κ3) is 2.82. The van der Waals surface area contributed by atoms with E-state index in [2.05, 4.69) is 18.3 Å². The number of carboxylic acids is 1. The summed E-state index contributed by atoms with van der Waals surface area (Å²) in [7, 11) is 0. The van der Waals surface area contributed by atoms with Crippen molar-refractivity contribution in [2.45, 2.75) is 19.8 Å². The van der Waals surface area contributed by atoms with Crippen LogP contribution in [0.15, 0.2) is 29.8 Å². The van der Waals surface area contributed by atoms with E-state index in [1.807, 2.05) is 25.1 Å². The predicted molar refractivity (Wildman–Crippen MR) is 74.4 cm³/mol. The zero-order valence-corrected chi connectivity index (χ0v) is 11.5. The molecule has 0 fully saturated rings. The van der Waals surface area contributed by atoms with Gasteiger partial charge in [0.15, 0.2) is 0 Å². The fourth-order valence-corrected chi connectivity index (χ4v) is 2.42. The molecule has 1 aromatic carbocycles. The predicted octanol–water partition coefficient (Wildman–Crippen LogP) is 2.39. The number of alkyl carbamates (subject to hydrolysis) is 1. The molecule has 2 rings (SSSR count). The number of allylic oxidation sites excluding steroid dienone is 1. The number of hydrogen-bond acceptors (Lipinski definition) is 3. The SMILES string of the molecule is CC1=C(C)C(COC(=O)NCC(=O)O)c2ccccc21. The van der Waals surface area contributed by atoms with Crippen molar-refractivity contribution < 1.29 is 19.4 Å². The molecule has 0 heterocycles. The highest BCUT2D eigenvalue weighted by atomic mass is 16.5. The Bertz CT molecular complexity index is 577. The van der Waals surface area contributed by atoms with E-state index < -0.39 is 18.6 Å². The lowest BCUT2D eigenvalue weighted by Crippen LogP contribution is -2.30. The van der Waals surface area contributed by atoms with E-state index in [0.717, 1.165) is 5.56 Å². The molecule has 2 N–H and O–H groups in total. The van der Waals surface area contributed by atoms with Gasteiger partial charge < -0.3 is 15.2 Å². The molecule has 1 atom stereocenters. The zero-order valence-electron chi connectivity index (χ0n) is 11.5. The number of rotatable bonds is 4. The summed E-state index contributed by atoms with van der Waals surface area (Å²) in [6.07, 6.45) is -0.706. The summed E-state index contributed by atoms with van der Waals surface area (Å²) in [4.78, 5) is 21.7. The van der Waals surface area contributed by atoms with Crippen LogP contribution < -0.4 is 5.32 Å². The normalized spacial score (nSPS) is 16.8. The van der Waals surface area contributed by atoms with Crippen LogP contribution in [0.25, 0.3) is 5.57 Å². The lowest BCUT2D eigenvalue weighted by molar-refractivity contribution is -0.135. The molecule has 20 heavy (non-hydrogen) atoms. The van der Waals surface area contributed by atoms with Crippen molar-refractivity contribution in [1.82, 2.24) is 5.32 Å². The summed E-state index contributed by atoms with van der Waals surface area (Å²) in [5.41, 5.74) is 4.72. The molecule has 0 saturated carbocycles. The number of benzene rings is 1. The van der Waals surface area contributed by atoms with Gasteiger partial charge in [-0.05, 0) is 30.5 Å². The highest BCUT2D eigenvalue weighted by molar-refractivity contribution is 5.78. The molecule has 0 radical (unpaired) electrons. The smallest absolute Gasteiger partial charge is 0.407 e. The Morgan fingerprint density at radius 2 is 2.00 bits per heavy atom. The van der Waals surface area contributed by atoms with Crippen molar-refractivity contribution in [3.05, 3.63) is 41.0 Å². The maximum atomic E-state index is 11.4. The van der Waals surface area contributed by atoms with Crippen LogP contribution >= 0.6 is 0 Å². The zero-order chi connectivity index (χ0) is 14.7. The monoisotopic (exact) mass is 275 g/mol. The fraction of sp³-hybridized carbons (Fsp3) is 0.333. The molecule has 1 aliphatic rings. The summed E-state index contributed by atoms with van der Waals surface area (Å²) in [5.74, 6) is -1.05. The van der Waals surface area contributed by atoms with Crippen molar-refractivity contribution >= 4 is 17.6 Å². The van der Waals surface area contributed by atoms with Crippen LogP contribution in [0.4, 0.5) is 4.79 Å². The molecule has 0 spiro atoms. The maximum absolute atomic E-state index is 11.4. The highest BCUT2D eigenvalue weighted by Crippen LogP contribution is 2.41. The van der Waals surface area contributed by atoms with Crippen LogP contribution in [-0.2, 0) is 9.53 Å². The summed E-state index contributed by atoms with van der Waals surface area (Å²) < 4.78 is 5.10. The van der Waals surface area contributed by atoms with E-state index >= 15 is 0 Å². The summed E-state index contributed by atoms with van der Waals surface area (Å²) >= 11 is 0. The van der Waals surface area contributed by atoms with Crippen molar-refractivity contribution in [3.8, 4) is 0 Å². The fourth-order valence-electron chi connectivity index (χ4n) is 2.42. The molecule has 5 heteroatoms. The van der Waals surface area contributed by atoms with Gasteiger partial charge in [0.05, 0.1) is 0 Å². The number of hydrogen-bond donors (Lipinski definition) is 2. The third-order valence-electron chi connectivity index (χ3n) is 3.62. The second kappa shape index (κ2) is 5.77. The molecule has 1 amide bonds. The van der Waals surface area contributed by atoms with Crippen LogP contribution in [0.5, 0.6) is 0 Å². The molecule has 1 unspecified atom stereocenters. The molecule has 106 valence electrons. The van der Waals surface area contributed by atoms with Crippen LogP contribution in [0.3, 0.4) is 0 Å². The average molecular weight is 275 g/mol. The Morgan fingerprint density at radius 3 is 2.70 bits per heavy atom. The van der Waals surface area contributed by atoms with Crippen molar-refractivity contribution in [3.63, 3.8) is 0 Å². The Labute approximate surface area is 117 Å². The van der Waals surface area contributed by atoms with E-state index in [1.165, 1.54) is 16.7 Å². The average Bonchev–Trinajstić information content (AvgIpc) is 2.67. The first-order valence-corrected chi connectivity index (χ1v) is 6.39. The molecular weight excluding hydrogens is 258 g/mol. The van der Waals surface area contributed by atoms with Crippen molar-refractivity contribution in [2.24, 2.45) is 0 Å². The minimum atomic E-state index is -1.10. The molecule has 1 aliphatic carbocycles. The Hall–Kier alpha value is -2.30. The Balaban J connectivity index is 2.00. The number of amides is 1. The van der Waals surface area contributed by atoms with Gasteiger partial charge in [0, 0.05) is 5.92 Å². The van der Waals surface area contributed by atoms with Gasteiger partial charge in [0.1, 0.15) is 13.2 Å². The second-order valence-corrected chi connectivity index (χ2v) is 4.79. The van der Waals surface area contributed by atoms with E-state index in [1.54, 1.807) is 0 Å². The van der Waals surface area contributed by atoms with E-state index in [9.17, 15) is 9.59 Å². The lowest BCUT2D eigenvalue weighted by Gasteiger charge is -2.14. The second-order valence-electron chi connectivity index (χ2n) is 4.79.